The molecule has 3 nitrogen and oxygen atoms in total. The molecule has 3 atom stereocenters. The molecule has 1 fully saturated rings. The first-order chi connectivity index (χ1) is 10.2. The Morgan fingerprint density at radius 1 is 1.43 bits per heavy atom. The quantitative estimate of drug-likeness (QED) is 0.925. The highest BCUT2D eigenvalue weighted by molar-refractivity contribution is 7.99. The summed E-state index contributed by atoms with van der Waals surface area (Å²) in [6.45, 7) is 3.99. The van der Waals surface area contributed by atoms with Gasteiger partial charge in [-0.05, 0) is 36.9 Å². The number of likely N-dealkylation sites (tertiary alicyclic amines) is 1. The van der Waals surface area contributed by atoms with E-state index < -0.39 is 5.97 Å². The van der Waals surface area contributed by atoms with E-state index in [0.717, 1.165) is 38.1 Å². The van der Waals surface area contributed by atoms with Gasteiger partial charge in [-0.3, -0.25) is 9.69 Å². The molecule has 2 aliphatic heterocycles. The zero-order valence-electron chi connectivity index (χ0n) is 12.5. The summed E-state index contributed by atoms with van der Waals surface area (Å²) in [5.74, 6) is 1.49. The lowest BCUT2D eigenvalue weighted by Gasteiger charge is -2.38. The average Bonchev–Trinajstić information content (AvgIpc) is 2.91. The Morgan fingerprint density at radius 3 is 3.00 bits per heavy atom. The van der Waals surface area contributed by atoms with Gasteiger partial charge >= 0.3 is 5.97 Å². The van der Waals surface area contributed by atoms with Gasteiger partial charge in [-0.15, -0.1) is 11.8 Å². The Bertz CT molecular complexity index is 519. The Balaban J connectivity index is 1.71. The van der Waals surface area contributed by atoms with Gasteiger partial charge in [0.2, 0.25) is 0 Å². The molecule has 1 N–H and O–H groups in total. The number of carboxylic acid groups (broad SMARTS) is 1. The van der Waals surface area contributed by atoms with Gasteiger partial charge < -0.3 is 5.11 Å². The van der Waals surface area contributed by atoms with Crippen molar-refractivity contribution in [3.8, 4) is 0 Å². The summed E-state index contributed by atoms with van der Waals surface area (Å²) in [5.41, 5.74) is 1.41. The lowest BCUT2D eigenvalue weighted by Crippen LogP contribution is -2.48. The highest BCUT2D eigenvalue weighted by Crippen LogP contribution is 2.40. The van der Waals surface area contributed by atoms with E-state index in [4.69, 9.17) is 0 Å². The van der Waals surface area contributed by atoms with Crippen LogP contribution in [0.15, 0.2) is 29.2 Å². The Labute approximate surface area is 130 Å². The van der Waals surface area contributed by atoms with Crippen molar-refractivity contribution in [3.63, 3.8) is 0 Å². The maximum Gasteiger partial charge on any atom is 0.320 e. The molecule has 114 valence electrons. The molecule has 0 saturated carbocycles. The number of hydrogen-bond acceptors (Lipinski definition) is 3. The van der Waals surface area contributed by atoms with E-state index in [0.29, 0.717) is 11.8 Å². The van der Waals surface area contributed by atoms with E-state index >= 15 is 0 Å². The number of nitrogens with zero attached hydrogens (tertiary/aromatic N) is 1. The molecule has 0 amide bonds. The molecule has 2 heterocycles. The number of carbonyl (C=O) groups is 1. The van der Waals surface area contributed by atoms with E-state index in [1.165, 1.54) is 10.5 Å². The van der Waals surface area contributed by atoms with Crippen LogP contribution in [0, 0.1) is 5.92 Å². The van der Waals surface area contributed by atoms with Gasteiger partial charge in [0.15, 0.2) is 0 Å². The topological polar surface area (TPSA) is 40.5 Å². The summed E-state index contributed by atoms with van der Waals surface area (Å²) in [4.78, 5) is 15.2. The smallest absolute Gasteiger partial charge is 0.320 e. The number of hydrogen-bond donors (Lipinski definition) is 1. The second-order valence-corrected chi connectivity index (χ2v) is 7.26. The van der Waals surface area contributed by atoms with E-state index in [-0.39, 0.29) is 6.04 Å². The summed E-state index contributed by atoms with van der Waals surface area (Å²) in [7, 11) is 0. The zero-order chi connectivity index (χ0) is 14.8. The summed E-state index contributed by atoms with van der Waals surface area (Å²) >= 11 is 1.91. The minimum atomic E-state index is -0.646. The van der Waals surface area contributed by atoms with Crippen LogP contribution in [0.1, 0.15) is 37.7 Å². The Hall–Kier alpha value is -1.00. The van der Waals surface area contributed by atoms with Crippen molar-refractivity contribution in [1.29, 1.82) is 0 Å². The van der Waals surface area contributed by atoms with Crippen LogP contribution < -0.4 is 0 Å². The monoisotopic (exact) mass is 305 g/mol. The first-order valence-electron chi connectivity index (χ1n) is 7.87. The molecule has 0 bridgehead atoms. The van der Waals surface area contributed by atoms with Crippen LogP contribution in [0.25, 0.3) is 0 Å². The van der Waals surface area contributed by atoms with Crippen molar-refractivity contribution < 1.29 is 9.90 Å². The molecule has 0 spiro atoms. The van der Waals surface area contributed by atoms with Crippen LogP contribution in [-0.2, 0) is 4.79 Å². The predicted octanol–water partition coefficient (Wildman–Crippen LogP) is 3.45. The van der Waals surface area contributed by atoms with Crippen molar-refractivity contribution in [1.82, 2.24) is 4.90 Å². The summed E-state index contributed by atoms with van der Waals surface area (Å²) in [6, 6.07) is 8.27. The lowest BCUT2D eigenvalue weighted by atomic mass is 9.88. The van der Waals surface area contributed by atoms with E-state index in [1.807, 2.05) is 11.8 Å². The summed E-state index contributed by atoms with van der Waals surface area (Å²) < 4.78 is 0. The van der Waals surface area contributed by atoms with Crippen LogP contribution in [-0.4, -0.2) is 40.9 Å². The molecule has 1 saturated heterocycles. The minimum absolute atomic E-state index is 0.290. The number of rotatable bonds is 4. The van der Waals surface area contributed by atoms with Crippen LogP contribution >= 0.6 is 11.8 Å². The van der Waals surface area contributed by atoms with Gasteiger partial charge in [-0.1, -0.05) is 31.5 Å². The van der Waals surface area contributed by atoms with E-state index in [9.17, 15) is 9.90 Å². The Morgan fingerprint density at radius 2 is 2.24 bits per heavy atom. The molecule has 3 unspecified atom stereocenters. The fourth-order valence-corrected chi connectivity index (χ4v) is 4.84. The number of fused-ring (bicyclic) bond motifs is 1. The largest absolute Gasteiger partial charge is 0.480 e. The standard InChI is InChI=1S/C17H23NO2S/c1-2-12-7-8-18(15(9-12)17(19)20)10-13-11-21-16-6-4-3-5-14(13)16/h3-6,12-13,15H,2,7-11H2,1H3,(H,19,20). The molecule has 0 radical (unpaired) electrons. The van der Waals surface area contributed by atoms with E-state index in [1.54, 1.807) is 0 Å². The van der Waals surface area contributed by atoms with Crippen LogP contribution in [0.5, 0.6) is 0 Å². The molecule has 0 aromatic heterocycles. The molecule has 0 aliphatic carbocycles. The maximum absolute atomic E-state index is 11.6. The van der Waals surface area contributed by atoms with Gasteiger partial charge in [0.05, 0.1) is 0 Å². The molecule has 2 aliphatic rings. The predicted molar refractivity (Wildman–Crippen MR) is 85.9 cm³/mol. The molecule has 4 heteroatoms. The fourth-order valence-electron chi connectivity index (χ4n) is 3.60. The van der Waals surface area contributed by atoms with Crippen molar-refractivity contribution >= 4 is 17.7 Å². The van der Waals surface area contributed by atoms with Crippen LogP contribution in [0.3, 0.4) is 0 Å². The third-order valence-corrected chi connectivity index (χ3v) is 6.19. The number of aliphatic carboxylic acids is 1. The first kappa shape index (κ1) is 14.9. The highest BCUT2D eigenvalue weighted by atomic mass is 32.2. The zero-order valence-corrected chi connectivity index (χ0v) is 13.3. The normalized spacial score (nSPS) is 29.3. The molecule has 3 rings (SSSR count). The van der Waals surface area contributed by atoms with Crippen LogP contribution in [0.2, 0.25) is 0 Å². The maximum atomic E-state index is 11.6. The van der Waals surface area contributed by atoms with E-state index in [2.05, 4.69) is 36.1 Å². The molecule has 1 aromatic rings. The van der Waals surface area contributed by atoms with Crippen molar-refractivity contribution in [2.24, 2.45) is 5.92 Å². The molecule has 21 heavy (non-hydrogen) atoms. The third-order valence-electron chi connectivity index (χ3n) is 4.94. The minimum Gasteiger partial charge on any atom is -0.480 e. The Kier molecular flexibility index (Phi) is 4.55. The average molecular weight is 305 g/mol. The number of carboxylic acids is 1. The number of thioether (sulfide) groups is 1. The van der Waals surface area contributed by atoms with Crippen LogP contribution in [0.4, 0.5) is 0 Å². The molecule has 1 aromatic carbocycles. The second kappa shape index (κ2) is 6.41. The third kappa shape index (κ3) is 3.11. The van der Waals surface area contributed by atoms with Crippen molar-refractivity contribution in [2.45, 2.75) is 43.0 Å². The number of piperidine rings is 1. The van der Waals surface area contributed by atoms with Gasteiger partial charge in [0.25, 0.3) is 0 Å². The summed E-state index contributed by atoms with van der Waals surface area (Å²) in [6.07, 6.45) is 3.05. The van der Waals surface area contributed by atoms with Gasteiger partial charge in [0, 0.05) is 23.1 Å². The fraction of sp³-hybridized carbons (Fsp3) is 0.588. The van der Waals surface area contributed by atoms with Crippen molar-refractivity contribution in [2.75, 3.05) is 18.8 Å². The highest BCUT2D eigenvalue weighted by Gasteiger charge is 2.35. The van der Waals surface area contributed by atoms with Gasteiger partial charge in [-0.2, -0.15) is 0 Å². The number of benzene rings is 1. The summed E-state index contributed by atoms with van der Waals surface area (Å²) in [5, 5.41) is 9.54. The SMILES string of the molecule is CCC1CCN(CC2CSc3ccccc32)C(C(=O)O)C1. The van der Waals surface area contributed by atoms with Gasteiger partial charge in [0.1, 0.15) is 6.04 Å². The second-order valence-electron chi connectivity index (χ2n) is 6.19. The molecular weight excluding hydrogens is 282 g/mol. The van der Waals surface area contributed by atoms with Crippen molar-refractivity contribution in [3.05, 3.63) is 29.8 Å². The first-order valence-corrected chi connectivity index (χ1v) is 8.86. The lowest BCUT2D eigenvalue weighted by molar-refractivity contribution is -0.145. The van der Waals surface area contributed by atoms with Gasteiger partial charge in [-0.25, -0.2) is 0 Å². The molecular formula is C17H23NO2S.